The van der Waals surface area contributed by atoms with Crippen LogP contribution in [0.15, 0.2) is 0 Å². The Morgan fingerprint density at radius 2 is 2.17 bits per heavy atom. The number of hydrogen-bond acceptors (Lipinski definition) is 5. The number of anilines is 1. The van der Waals surface area contributed by atoms with E-state index in [4.69, 9.17) is 5.73 Å². The van der Waals surface area contributed by atoms with E-state index < -0.39 is 0 Å². The third-order valence-corrected chi connectivity index (χ3v) is 2.98. The highest BCUT2D eigenvalue weighted by atomic mass is 16.1. The van der Waals surface area contributed by atoms with Gasteiger partial charge in [-0.15, -0.1) is 5.10 Å². The fourth-order valence-electron chi connectivity index (χ4n) is 1.86. The molecule has 0 bridgehead atoms. The van der Waals surface area contributed by atoms with Gasteiger partial charge in [-0.3, -0.25) is 10.1 Å². The summed E-state index contributed by atoms with van der Waals surface area (Å²) >= 11 is 0. The SMILES string of the molecule is CC(C)C(CCN)CCC(=O)Nc1nnn(C)n1. The minimum Gasteiger partial charge on any atom is -0.330 e. The van der Waals surface area contributed by atoms with E-state index >= 15 is 0 Å². The Hall–Kier alpha value is -1.50. The van der Waals surface area contributed by atoms with Crippen LogP contribution in [0.4, 0.5) is 5.95 Å². The second-order valence-electron chi connectivity index (χ2n) is 4.77. The normalized spacial score (nSPS) is 12.7. The monoisotopic (exact) mass is 254 g/mol. The standard InChI is InChI=1S/C11H22N6O/c1-8(2)9(6-7-12)4-5-10(18)13-11-14-16-17(3)15-11/h8-9H,4-7,12H2,1-3H3,(H,13,15,18). The minimum atomic E-state index is -0.0781. The first-order chi connectivity index (χ1) is 8.52. The first kappa shape index (κ1) is 14.6. The third-order valence-electron chi connectivity index (χ3n) is 2.98. The second kappa shape index (κ2) is 7.05. The number of aryl methyl sites for hydroxylation is 1. The lowest BCUT2D eigenvalue weighted by atomic mass is 9.88. The van der Waals surface area contributed by atoms with Crippen LogP contribution in [0.3, 0.4) is 0 Å². The Kier molecular flexibility index (Phi) is 5.70. The van der Waals surface area contributed by atoms with Crippen molar-refractivity contribution < 1.29 is 4.79 Å². The maximum atomic E-state index is 11.7. The fourth-order valence-corrected chi connectivity index (χ4v) is 1.86. The number of hydrogen-bond donors (Lipinski definition) is 2. The van der Waals surface area contributed by atoms with E-state index in [-0.39, 0.29) is 11.9 Å². The van der Waals surface area contributed by atoms with Gasteiger partial charge in [0, 0.05) is 6.42 Å². The van der Waals surface area contributed by atoms with E-state index in [9.17, 15) is 4.79 Å². The Morgan fingerprint density at radius 3 is 2.67 bits per heavy atom. The lowest BCUT2D eigenvalue weighted by molar-refractivity contribution is -0.116. The second-order valence-corrected chi connectivity index (χ2v) is 4.77. The maximum Gasteiger partial charge on any atom is 0.270 e. The van der Waals surface area contributed by atoms with E-state index in [2.05, 4.69) is 34.6 Å². The van der Waals surface area contributed by atoms with Crippen molar-refractivity contribution in [3.8, 4) is 0 Å². The molecule has 0 fully saturated rings. The zero-order valence-electron chi connectivity index (χ0n) is 11.3. The first-order valence-corrected chi connectivity index (χ1v) is 6.26. The number of nitrogens with one attached hydrogen (secondary N) is 1. The molecule has 0 radical (unpaired) electrons. The van der Waals surface area contributed by atoms with Crippen molar-refractivity contribution >= 4 is 11.9 Å². The van der Waals surface area contributed by atoms with Crippen LogP contribution >= 0.6 is 0 Å². The van der Waals surface area contributed by atoms with Crippen molar-refractivity contribution in [3.63, 3.8) is 0 Å². The molecule has 0 aromatic carbocycles. The molecule has 0 aliphatic rings. The molecule has 1 rings (SSSR count). The van der Waals surface area contributed by atoms with Crippen LogP contribution in [0.5, 0.6) is 0 Å². The van der Waals surface area contributed by atoms with Crippen LogP contribution in [0.2, 0.25) is 0 Å². The molecule has 0 aliphatic heterocycles. The smallest absolute Gasteiger partial charge is 0.270 e. The van der Waals surface area contributed by atoms with E-state index in [1.54, 1.807) is 7.05 Å². The van der Waals surface area contributed by atoms with Gasteiger partial charge in [0.25, 0.3) is 5.95 Å². The summed E-state index contributed by atoms with van der Waals surface area (Å²) in [5.74, 6) is 1.19. The van der Waals surface area contributed by atoms with Crippen molar-refractivity contribution in [2.24, 2.45) is 24.6 Å². The van der Waals surface area contributed by atoms with Crippen LogP contribution in [-0.2, 0) is 11.8 Å². The van der Waals surface area contributed by atoms with Crippen LogP contribution in [-0.4, -0.2) is 32.7 Å². The summed E-state index contributed by atoms with van der Waals surface area (Å²) < 4.78 is 0. The molecular formula is C11H22N6O. The largest absolute Gasteiger partial charge is 0.330 e. The van der Waals surface area contributed by atoms with E-state index in [1.807, 2.05) is 0 Å². The number of tetrazole rings is 1. The molecule has 0 saturated carbocycles. The summed E-state index contributed by atoms with van der Waals surface area (Å²) in [4.78, 5) is 13.0. The third kappa shape index (κ3) is 4.79. The average Bonchev–Trinajstić information content (AvgIpc) is 2.69. The van der Waals surface area contributed by atoms with Gasteiger partial charge < -0.3 is 5.73 Å². The highest BCUT2D eigenvalue weighted by Crippen LogP contribution is 2.20. The number of nitrogens with two attached hydrogens (primary N) is 1. The molecule has 0 saturated heterocycles. The minimum absolute atomic E-state index is 0.0781. The highest BCUT2D eigenvalue weighted by Gasteiger charge is 2.15. The Morgan fingerprint density at radius 1 is 1.44 bits per heavy atom. The fraction of sp³-hybridized carbons (Fsp3) is 0.818. The molecule has 1 amide bonds. The summed E-state index contributed by atoms with van der Waals surface area (Å²) in [6.07, 6.45) is 2.25. The van der Waals surface area contributed by atoms with Crippen LogP contribution < -0.4 is 11.1 Å². The van der Waals surface area contributed by atoms with Gasteiger partial charge in [0.05, 0.1) is 7.05 Å². The van der Waals surface area contributed by atoms with Crippen molar-refractivity contribution in [1.82, 2.24) is 20.2 Å². The molecule has 7 nitrogen and oxygen atoms in total. The Balaban J connectivity index is 2.35. The number of carbonyl (C=O) groups is 1. The molecule has 1 aromatic heterocycles. The van der Waals surface area contributed by atoms with Crippen molar-refractivity contribution in [3.05, 3.63) is 0 Å². The van der Waals surface area contributed by atoms with Gasteiger partial charge in [0.15, 0.2) is 0 Å². The van der Waals surface area contributed by atoms with Gasteiger partial charge in [-0.1, -0.05) is 18.9 Å². The lowest BCUT2D eigenvalue weighted by Gasteiger charge is -2.19. The van der Waals surface area contributed by atoms with Gasteiger partial charge in [-0.05, 0) is 36.4 Å². The van der Waals surface area contributed by atoms with Gasteiger partial charge >= 0.3 is 0 Å². The molecule has 0 spiro atoms. The first-order valence-electron chi connectivity index (χ1n) is 6.26. The van der Waals surface area contributed by atoms with Crippen LogP contribution in [0, 0.1) is 11.8 Å². The molecule has 1 unspecified atom stereocenters. The van der Waals surface area contributed by atoms with Crippen LogP contribution in [0.25, 0.3) is 0 Å². The molecule has 3 N–H and O–H groups in total. The van der Waals surface area contributed by atoms with Gasteiger partial charge in [0.1, 0.15) is 0 Å². The van der Waals surface area contributed by atoms with Crippen LogP contribution in [0.1, 0.15) is 33.1 Å². The van der Waals surface area contributed by atoms with Crippen molar-refractivity contribution in [1.29, 1.82) is 0 Å². The predicted molar refractivity (Wildman–Crippen MR) is 68.7 cm³/mol. The van der Waals surface area contributed by atoms with E-state index in [0.717, 1.165) is 12.8 Å². The summed E-state index contributed by atoms with van der Waals surface area (Å²) in [5, 5.41) is 13.9. The van der Waals surface area contributed by atoms with E-state index in [0.29, 0.717) is 24.8 Å². The van der Waals surface area contributed by atoms with E-state index in [1.165, 1.54) is 4.80 Å². The molecule has 1 aromatic rings. The average molecular weight is 254 g/mol. The predicted octanol–water partition coefficient (Wildman–Crippen LogP) is 0.550. The topological polar surface area (TPSA) is 98.7 Å². The summed E-state index contributed by atoms with van der Waals surface area (Å²) in [6, 6.07) is 0. The summed E-state index contributed by atoms with van der Waals surface area (Å²) in [7, 11) is 1.65. The number of carbonyl (C=O) groups excluding carboxylic acids is 1. The molecular weight excluding hydrogens is 232 g/mol. The van der Waals surface area contributed by atoms with Gasteiger partial charge in [-0.25, -0.2) is 0 Å². The molecule has 1 heterocycles. The molecule has 0 aliphatic carbocycles. The Labute approximate surface area is 107 Å². The number of nitrogens with zero attached hydrogens (tertiary/aromatic N) is 4. The number of amides is 1. The summed E-state index contributed by atoms with van der Waals surface area (Å²) in [6.45, 7) is 4.97. The zero-order valence-corrected chi connectivity index (χ0v) is 11.3. The molecule has 18 heavy (non-hydrogen) atoms. The van der Waals surface area contributed by atoms with Crippen molar-refractivity contribution in [2.45, 2.75) is 33.1 Å². The molecule has 7 heteroatoms. The van der Waals surface area contributed by atoms with Crippen molar-refractivity contribution in [2.75, 3.05) is 11.9 Å². The van der Waals surface area contributed by atoms with Gasteiger partial charge in [0.2, 0.25) is 5.91 Å². The zero-order chi connectivity index (χ0) is 13.5. The maximum absolute atomic E-state index is 11.7. The lowest BCUT2D eigenvalue weighted by Crippen LogP contribution is -2.19. The summed E-state index contributed by atoms with van der Waals surface area (Å²) in [5.41, 5.74) is 5.57. The highest BCUT2D eigenvalue weighted by molar-refractivity contribution is 5.88. The number of aromatic nitrogens is 4. The quantitative estimate of drug-likeness (QED) is 0.740. The molecule has 102 valence electrons. The Bertz CT molecular complexity index is 375. The molecule has 1 atom stereocenters. The number of rotatable bonds is 7. The van der Waals surface area contributed by atoms with Gasteiger partial charge in [-0.2, -0.15) is 4.80 Å².